The Labute approximate surface area is 117 Å². The molecule has 20 heavy (non-hydrogen) atoms. The standard InChI is InChI=1S/C12H10N4O3S/c17-16(18)9-2-1-3-10-11(9)15-12(19-10)13-5-4-8-6-20-7-14-8/h1-3,6-7H,4-5H2,(H,13,15). The van der Waals surface area contributed by atoms with E-state index >= 15 is 0 Å². The van der Waals surface area contributed by atoms with Gasteiger partial charge in [0.05, 0.1) is 16.1 Å². The first-order valence-electron chi connectivity index (χ1n) is 5.89. The van der Waals surface area contributed by atoms with Gasteiger partial charge in [0.1, 0.15) is 0 Å². The molecular weight excluding hydrogens is 280 g/mol. The number of nitro groups is 1. The highest BCUT2D eigenvalue weighted by Crippen LogP contribution is 2.27. The molecule has 0 spiro atoms. The van der Waals surface area contributed by atoms with Gasteiger partial charge in [-0.1, -0.05) is 6.07 Å². The number of nitro benzene ring substituents is 1. The molecule has 0 amide bonds. The van der Waals surface area contributed by atoms with Crippen LogP contribution in [0.1, 0.15) is 5.69 Å². The second-order valence-electron chi connectivity index (χ2n) is 4.06. The van der Waals surface area contributed by atoms with Crippen molar-refractivity contribution in [2.45, 2.75) is 6.42 Å². The number of aromatic nitrogens is 2. The molecule has 8 heteroatoms. The van der Waals surface area contributed by atoms with E-state index in [1.54, 1.807) is 29.0 Å². The number of oxazole rings is 1. The van der Waals surface area contributed by atoms with Gasteiger partial charge in [0.15, 0.2) is 11.1 Å². The molecule has 2 aromatic heterocycles. The second-order valence-corrected chi connectivity index (χ2v) is 4.78. The molecule has 0 aliphatic heterocycles. The van der Waals surface area contributed by atoms with E-state index in [0.717, 1.165) is 12.1 Å². The number of hydrogen-bond donors (Lipinski definition) is 1. The number of nitrogens with zero attached hydrogens (tertiary/aromatic N) is 3. The average molecular weight is 290 g/mol. The lowest BCUT2D eigenvalue weighted by atomic mass is 10.3. The minimum absolute atomic E-state index is 0.0567. The van der Waals surface area contributed by atoms with Gasteiger partial charge < -0.3 is 9.73 Å². The number of hydrogen-bond acceptors (Lipinski definition) is 7. The number of para-hydroxylation sites is 1. The third kappa shape index (κ3) is 2.45. The summed E-state index contributed by atoms with van der Waals surface area (Å²) in [6, 6.07) is 4.92. The van der Waals surface area contributed by atoms with E-state index in [1.165, 1.54) is 6.07 Å². The third-order valence-electron chi connectivity index (χ3n) is 2.74. The van der Waals surface area contributed by atoms with Gasteiger partial charge in [-0.2, -0.15) is 4.98 Å². The van der Waals surface area contributed by atoms with Gasteiger partial charge in [-0.25, -0.2) is 4.98 Å². The van der Waals surface area contributed by atoms with E-state index in [0.29, 0.717) is 12.1 Å². The molecule has 0 atom stereocenters. The van der Waals surface area contributed by atoms with E-state index in [9.17, 15) is 10.1 Å². The first-order chi connectivity index (χ1) is 9.74. The van der Waals surface area contributed by atoms with Crippen LogP contribution in [0.3, 0.4) is 0 Å². The molecule has 1 N–H and O–H groups in total. The summed E-state index contributed by atoms with van der Waals surface area (Å²) in [5.41, 5.74) is 3.37. The highest BCUT2D eigenvalue weighted by molar-refractivity contribution is 7.07. The van der Waals surface area contributed by atoms with Crippen molar-refractivity contribution in [3.05, 3.63) is 44.9 Å². The number of anilines is 1. The maximum absolute atomic E-state index is 10.9. The number of rotatable bonds is 5. The Balaban J connectivity index is 1.76. The lowest BCUT2D eigenvalue weighted by molar-refractivity contribution is -0.383. The van der Waals surface area contributed by atoms with E-state index < -0.39 is 4.92 Å². The Hall–Kier alpha value is -2.48. The smallest absolute Gasteiger partial charge is 0.298 e. The van der Waals surface area contributed by atoms with Crippen LogP contribution in [-0.2, 0) is 6.42 Å². The van der Waals surface area contributed by atoms with Gasteiger partial charge >= 0.3 is 0 Å². The summed E-state index contributed by atoms with van der Waals surface area (Å²) in [4.78, 5) is 18.7. The Morgan fingerprint density at radius 2 is 2.35 bits per heavy atom. The van der Waals surface area contributed by atoms with Gasteiger partial charge in [-0.15, -0.1) is 11.3 Å². The van der Waals surface area contributed by atoms with Gasteiger partial charge in [0, 0.05) is 24.4 Å². The SMILES string of the molecule is O=[N+]([O-])c1cccc2oc(NCCc3cscn3)nc12. The lowest BCUT2D eigenvalue weighted by Crippen LogP contribution is -2.05. The average Bonchev–Trinajstić information content (AvgIpc) is 3.06. The summed E-state index contributed by atoms with van der Waals surface area (Å²) in [6.45, 7) is 0.602. The molecule has 0 radical (unpaired) electrons. The zero-order chi connectivity index (χ0) is 13.9. The molecule has 102 valence electrons. The Bertz CT molecular complexity index is 738. The molecule has 3 rings (SSSR count). The summed E-state index contributed by atoms with van der Waals surface area (Å²) < 4.78 is 5.43. The second kappa shape index (κ2) is 5.25. The molecular formula is C12H10N4O3S. The third-order valence-corrected chi connectivity index (χ3v) is 3.37. The summed E-state index contributed by atoms with van der Waals surface area (Å²) in [7, 11) is 0. The fraction of sp³-hybridized carbons (Fsp3) is 0.167. The molecule has 7 nitrogen and oxygen atoms in total. The molecule has 2 heterocycles. The largest absolute Gasteiger partial charge is 0.423 e. The predicted molar refractivity (Wildman–Crippen MR) is 75.0 cm³/mol. The Kier molecular flexibility index (Phi) is 3.30. The Morgan fingerprint density at radius 1 is 1.45 bits per heavy atom. The first-order valence-corrected chi connectivity index (χ1v) is 6.83. The molecule has 0 bridgehead atoms. The van der Waals surface area contributed by atoms with Crippen LogP contribution in [0.25, 0.3) is 11.1 Å². The van der Waals surface area contributed by atoms with Crippen LogP contribution in [-0.4, -0.2) is 21.4 Å². The minimum atomic E-state index is -0.468. The molecule has 0 aliphatic rings. The van der Waals surface area contributed by atoms with Crippen molar-refractivity contribution in [2.24, 2.45) is 0 Å². The van der Waals surface area contributed by atoms with Gasteiger partial charge in [-0.3, -0.25) is 10.1 Å². The highest BCUT2D eigenvalue weighted by atomic mass is 32.1. The minimum Gasteiger partial charge on any atom is -0.423 e. The monoisotopic (exact) mass is 290 g/mol. The number of non-ortho nitro benzene ring substituents is 1. The first kappa shape index (κ1) is 12.5. The molecule has 0 aliphatic carbocycles. The van der Waals surface area contributed by atoms with Crippen molar-refractivity contribution in [1.29, 1.82) is 0 Å². The molecule has 1 aromatic carbocycles. The molecule has 0 saturated heterocycles. The van der Waals surface area contributed by atoms with Crippen molar-refractivity contribution >= 4 is 34.1 Å². The normalized spacial score (nSPS) is 10.8. The maximum Gasteiger partial charge on any atom is 0.298 e. The number of benzene rings is 1. The predicted octanol–water partition coefficient (Wildman–Crippen LogP) is 2.85. The van der Waals surface area contributed by atoms with Gasteiger partial charge in [0.25, 0.3) is 11.7 Å². The zero-order valence-electron chi connectivity index (χ0n) is 10.3. The van der Waals surface area contributed by atoms with Crippen LogP contribution in [0.2, 0.25) is 0 Å². The van der Waals surface area contributed by atoms with Gasteiger partial charge in [0.2, 0.25) is 0 Å². The zero-order valence-corrected chi connectivity index (χ0v) is 11.1. The van der Waals surface area contributed by atoms with E-state index in [-0.39, 0.29) is 17.2 Å². The number of nitrogens with one attached hydrogen (secondary N) is 1. The van der Waals surface area contributed by atoms with E-state index in [1.807, 2.05) is 5.38 Å². The van der Waals surface area contributed by atoms with Gasteiger partial charge in [-0.05, 0) is 6.07 Å². The van der Waals surface area contributed by atoms with E-state index in [4.69, 9.17) is 4.42 Å². The van der Waals surface area contributed by atoms with Crippen molar-refractivity contribution in [1.82, 2.24) is 9.97 Å². The van der Waals surface area contributed by atoms with Crippen LogP contribution in [0.4, 0.5) is 11.7 Å². The molecule has 0 unspecified atom stereocenters. The summed E-state index contributed by atoms with van der Waals surface area (Å²) in [6.07, 6.45) is 0.740. The summed E-state index contributed by atoms with van der Waals surface area (Å²) in [5.74, 6) is 0. The number of thiazole rings is 1. The molecule has 0 fully saturated rings. The van der Waals surface area contributed by atoms with Crippen LogP contribution in [0.15, 0.2) is 33.5 Å². The van der Waals surface area contributed by atoms with Crippen LogP contribution in [0.5, 0.6) is 0 Å². The van der Waals surface area contributed by atoms with Crippen molar-refractivity contribution in [3.8, 4) is 0 Å². The Morgan fingerprint density at radius 3 is 3.10 bits per heavy atom. The molecule has 0 saturated carbocycles. The maximum atomic E-state index is 10.9. The quantitative estimate of drug-likeness (QED) is 0.573. The summed E-state index contributed by atoms with van der Waals surface area (Å²) >= 11 is 1.54. The van der Waals surface area contributed by atoms with Crippen LogP contribution >= 0.6 is 11.3 Å². The fourth-order valence-corrected chi connectivity index (χ4v) is 2.41. The fourth-order valence-electron chi connectivity index (χ4n) is 1.82. The topological polar surface area (TPSA) is 94.1 Å². The van der Waals surface area contributed by atoms with Crippen LogP contribution < -0.4 is 5.32 Å². The van der Waals surface area contributed by atoms with Crippen LogP contribution in [0, 0.1) is 10.1 Å². The lowest BCUT2D eigenvalue weighted by Gasteiger charge is -1.98. The van der Waals surface area contributed by atoms with Crippen molar-refractivity contribution in [3.63, 3.8) is 0 Å². The van der Waals surface area contributed by atoms with Crippen molar-refractivity contribution < 1.29 is 9.34 Å². The number of fused-ring (bicyclic) bond motifs is 1. The van der Waals surface area contributed by atoms with Crippen molar-refractivity contribution in [2.75, 3.05) is 11.9 Å². The summed E-state index contributed by atoms with van der Waals surface area (Å²) in [5, 5.41) is 15.9. The molecule has 3 aromatic rings. The van der Waals surface area contributed by atoms with E-state index in [2.05, 4.69) is 15.3 Å². The highest BCUT2D eigenvalue weighted by Gasteiger charge is 2.17.